The number of hydrogen-bond acceptors (Lipinski definition) is 4. The van der Waals surface area contributed by atoms with Gasteiger partial charge in [0.1, 0.15) is 17.2 Å². The molecule has 0 bridgehead atoms. The third-order valence-electron chi connectivity index (χ3n) is 2.00. The van der Waals surface area contributed by atoms with Crippen molar-refractivity contribution in [2.24, 2.45) is 0 Å². The number of benzene rings is 2. The summed E-state index contributed by atoms with van der Waals surface area (Å²) in [5, 5.41) is 9.27. The number of hydrogen-bond donors (Lipinski definition) is 3. The summed E-state index contributed by atoms with van der Waals surface area (Å²) in [4.78, 5) is 0. The molecule has 16 heavy (non-hydrogen) atoms. The first kappa shape index (κ1) is 10.2. The van der Waals surface area contributed by atoms with E-state index in [9.17, 15) is 5.11 Å². The van der Waals surface area contributed by atoms with Crippen LogP contribution in [0.3, 0.4) is 0 Å². The smallest absolute Gasteiger partial charge is 0.131 e. The van der Waals surface area contributed by atoms with Crippen molar-refractivity contribution in [1.29, 1.82) is 0 Å². The van der Waals surface area contributed by atoms with Crippen molar-refractivity contribution >= 4 is 11.4 Å². The Bertz CT molecular complexity index is 492. The first-order chi connectivity index (χ1) is 7.63. The summed E-state index contributed by atoms with van der Waals surface area (Å²) >= 11 is 0. The molecule has 0 aliphatic carbocycles. The Morgan fingerprint density at radius 3 is 2.19 bits per heavy atom. The maximum absolute atomic E-state index is 9.27. The fraction of sp³-hybridized carbons (Fsp3) is 0. The number of aromatic hydroxyl groups is 1. The number of phenolic OH excluding ortho intramolecular Hbond substituents is 1. The van der Waals surface area contributed by atoms with Crippen molar-refractivity contribution in [3.63, 3.8) is 0 Å². The topological polar surface area (TPSA) is 81.5 Å². The second-order valence-corrected chi connectivity index (χ2v) is 3.43. The van der Waals surface area contributed by atoms with Crippen LogP contribution < -0.4 is 16.2 Å². The molecule has 82 valence electrons. The zero-order valence-corrected chi connectivity index (χ0v) is 8.55. The highest BCUT2D eigenvalue weighted by Crippen LogP contribution is 2.27. The van der Waals surface area contributed by atoms with Crippen molar-refractivity contribution in [3.05, 3.63) is 42.5 Å². The van der Waals surface area contributed by atoms with Crippen LogP contribution in [0.2, 0.25) is 0 Å². The minimum absolute atomic E-state index is 0.148. The highest BCUT2D eigenvalue weighted by molar-refractivity contribution is 5.57. The number of phenols is 1. The van der Waals surface area contributed by atoms with Crippen LogP contribution >= 0.6 is 0 Å². The molecule has 2 aromatic carbocycles. The van der Waals surface area contributed by atoms with Crippen molar-refractivity contribution in [3.8, 4) is 17.2 Å². The molecule has 0 fully saturated rings. The maximum Gasteiger partial charge on any atom is 0.131 e. The van der Waals surface area contributed by atoms with Crippen molar-refractivity contribution < 1.29 is 9.84 Å². The van der Waals surface area contributed by atoms with Crippen LogP contribution in [0.1, 0.15) is 0 Å². The molecular formula is C12H12N2O2. The van der Waals surface area contributed by atoms with E-state index in [2.05, 4.69) is 0 Å². The van der Waals surface area contributed by atoms with Crippen LogP contribution in [-0.4, -0.2) is 5.11 Å². The molecule has 0 saturated carbocycles. The molecule has 0 radical (unpaired) electrons. The van der Waals surface area contributed by atoms with Gasteiger partial charge >= 0.3 is 0 Å². The Hall–Kier alpha value is -2.36. The molecule has 0 unspecified atom stereocenters. The minimum Gasteiger partial charge on any atom is -0.508 e. The summed E-state index contributed by atoms with van der Waals surface area (Å²) < 4.78 is 5.50. The van der Waals surface area contributed by atoms with E-state index in [1.54, 1.807) is 36.4 Å². The van der Waals surface area contributed by atoms with E-state index in [0.29, 0.717) is 22.9 Å². The molecule has 4 nitrogen and oxygen atoms in total. The standard InChI is InChI=1S/C12H12N2O2/c13-8-4-9(14)6-12(5-8)16-11-3-1-2-10(15)7-11/h1-7,15H,13-14H2. The number of anilines is 2. The molecule has 0 aromatic heterocycles. The van der Waals surface area contributed by atoms with Crippen molar-refractivity contribution in [2.45, 2.75) is 0 Å². The largest absolute Gasteiger partial charge is 0.508 e. The van der Waals surface area contributed by atoms with Gasteiger partial charge in [-0.15, -0.1) is 0 Å². The number of rotatable bonds is 2. The lowest BCUT2D eigenvalue weighted by atomic mass is 10.2. The molecule has 0 aliphatic heterocycles. The SMILES string of the molecule is Nc1cc(N)cc(Oc2cccc(O)c2)c1. The summed E-state index contributed by atoms with van der Waals surface area (Å²) in [6.45, 7) is 0. The van der Waals surface area contributed by atoms with Crippen LogP contribution in [0.5, 0.6) is 17.2 Å². The quantitative estimate of drug-likeness (QED) is 0.673. The predicted octanol–water partition coefficient (Wildman–Crippen LogP) is 2.35. The fourth-order valence-electron chi connectivity index (χ4n) is 1.39. The van der Waals surface area contributed by atoms with Crippen molar-refractivity contribution in [1.82, 2.24) is 0 Å². The van der Waals surface area contributed by atoms with Gasteiger partial charge in [0.15, 0.2) is 0 Å². The number of ether oxygens (including phenoxy) is 1. The number of nitrogen functional groups attached to an aromatic ring is 2. The van der Waals surface area contributed by atoms with Crippen LogP contribution in [0.25, 0.3) is 0 Å². The maximum atomic E-state index is 9.27. The fourth-order valence-corrected chi connectivity index (χ4v) is 1.39. The summed E-state index contributed by atoms with van der Waals surface area (Å²) in [5.74, 6) is 1.22. The van der Waals surface area contributed by atoms with E-state index in [0.717, 1.165) is 0 Å². The molecule has 2 rings (SSSR count). The van der Waals surface area contributed by atoms with Gasteiger partial charge in [0, 0.05) is 29.6 Å². The lowest BCUT2D eigenvalue weighted by Gasteiger charge is -2.07. The molecule has 2 aromatic rings. The van der Waals surface area contributed by atoms with Crippen LogP contribution in [0.15, 0.2) is 42.5 Å². The van der Waals surface area contributed by atoms with E-state index in [1.165, 1.54) is 6.07 Å². The summed E-state index contributed by atoms with van der Waals surface area (Å²) in [6, 6.07) is 11.5. The van der Waals surface area contributed by atoms with E-state index in [1.807, 2.05) is 0 Å². The second-order valence-electron chi connectivity index (χ2n) is 3.43. The second kappa shape index (κ2) is 4.02. The Kier molecular flexibility index (Phi) is 2.55. The van der Waals surface area contributed by atoms with Crippen LogP contribution in [0.4, 0.5) is 11.4 Å². The van der Waals surface area contributed by atoms with Gasteiger partial charge in [-0.2, -0.15) is 0 Å². The van der Waals surface area contributed by atoms with Gasteiger partial charge < -0.3 is 21.3 Å². The first-order valence-electron chi connectivity index (χ1n) is 4.76. The molecule has 4 heteroatoms. The monoisotopic (exact) mass is 216 g/mol. The van der Waals surface area contributed by atoms with Gasteiger partial charge in [-0.05, 0) is 18.2 Å². The average Bonchev–Trinajstić information content (AvgIpc) is 2.15. The third-order valence-corrected chi connectivity index (χ3v) is 2.00. The van der Waals surface area contributed by atoms with E-state index < -0.39 is 0 Å². The minimum atomic E-state index is 0.148. The van der Waals surface area contributed by atoms with Gasteiger partial charge in [-0.1, -0.05) is 6.07 Å². The Labute approximate surface area is 93.1 Å². The lowest BCUT2D eigenvalue weighted by Crippen LogP contribution is -1.92. The number of nitrogens with two attached hydrogens (primary N) is 2. The average molecular weight is 216 g/mol. The van der Waals surface area contributed by atoms with Gasteiger partial charge in [-0.25, -0.2) is 0 Å². The van der Waals surface area contributed by atoms with Crippen LogP contribution in [-0.2, 0) is 0 Å². The van der Waals surface area contributed by atoms with E-state index >= 15 is 0 Å². The van der Waals surface area contributed by atoms with Crippen molar-refractivity contribution in [2.75, 3.05) is 11.5 Å². The predicted molar refractivity (Wildman–Crippen MR) is 63.4 cm³/mol. The first-order valence-corrected chi connectivity index (χ1v) is 4.76. The zero-order chi connectivity index (χ0) is 11.5. The van der Waals surface area contributed by atoms with E-state index in [4.69, 9.17) is 16.2 Å². The summed E-state index contributed by atoms with van der Waals surface area (Å²) in [5.41, 5.74) is 12.3. The van der Waals surface area contributed by atoms with Gasteiger partial charge in [0.05, 0.1) is 0 Å². The van der Waals surface area contributed by atoms with Gasteiger partial charge in [0.2, 0.25) is 0 Å². The third kappa shape index (κ3) is 2.36. The molecule has 0 saturated heterocycles. The zero-order valence-electron chi connectivity index (χ0n) is 8.55. The Morgan fingerprint density at radius 1 is 0.875 bits per heavy atom. The highest BCUT2D eigenvalue weighted by Gasteiger charge is 2.00. The Morgan fingerprint density at radius 2 is 1.56 bits per heavy atom. The lowest BCUT2D eigenvalue weighted by molar-refractivity contribution is 0.455. The van der Waals surface area contributed by atoms with Gasteiger partial charge in [0.25, 0.3) is 0 Å². The molecule has 5 N–H and O–H groups in total. The molecule has 0 aliphatic rings. The summed E-state index contributed by atoms with van der Waals surface area (Å²) in [6.07, 6.45) is 0. The molecule has 0 heterocycles. The Balaban J connectivity index is 2.27. The van der Waals surface area contributed by atoms with Crippen LogP contribution in [0, 0.1) is 0 Å². The molecule has 0 spiro atoms. The molecular weight excluding hydrogens is 204 g/mol. The molecule has 0 amide bonds. The normalized spacial score (nSPS) is 10.0. The summed E-state index contributed by atoms with van der Waals surface area (Å²) in [7, 11) is 0. The molecule has 0 atom stereocenters. The van der Waals surface area contributed by atoms with Gasteiger partial charge in [-0.3, -0.25) is 0 Å². The van der Waals surface area contributed by atoms with E-state index in [-0.39, 0.29) is 5.75 Å². The highest BCUT2D eigenvalue weighted by atomic mass is 16.5.